The lowest BCUT2D eigenvalue weighted by molar-refractivity contribution is 0.345. The summed E-state index contributed by atoms with van der Waals surface area (Å²) in [6, 6.07) is 3.93. The molecule has 2 rings (SSSR count). The minimum atomic E-state index is 0.274. The monoisotopic (exact) mass is 231 g/mol. The first-order chi connectivity index (χ1) is 8.24. The molecule has 0 radical (unpaired) electrons. The predicted octanol–water partition coefficient (Wildman–Crippen LogP) is 0.912. The van der Waals surface area contributed by atoms with Crippen molar-refractivity contribution in [2.45, 2.75) is 25.8 Å². The maximum atomic E-state index is 8.82. The van der Waals surface area contributed by atoms with Crippen LogP contribution in [0.5, 0.6) is 0 Å². The van der Waals surface area contributed by atoms with Crippen molar-refractivity contribution in [2.75, 3.05) is 18.0 Å². The number of nitriles is 1. The molecule has 1 fully saturated rings. The second kappa shape index (κ2) is 5.11. The first kappa shape index (κ1) is 11.8. The lowest BCUT2D eigenvalue weighted by atomic mass is 9.91. The highest BCUT2D eigenvalue weighted by molar-refractivity contribution is 5.34. The van der Waals surface area contributed by atoms with Crippen molar-refractivity contribution >= 4 is 5.95 Å². The lowest BCUT2D eigenvalue weighted by Gasteiger charge is -2.36. The SMILES string of the molecule is CCC1CN(c2nccc(C#N)n2)CCC1N. The fraction of sp³-hybridized carbons (Fsp3) is 0.583. The van der Waals surface area contributed by atoms with Crippen molar-refractivity contribution in [2.24, 2.45) is 11.7 Å². The van der Waals surface area contributed by atoms with E-state index in [-0.39, 0.29) is 6.04 Å². The van der Waals surface area contributed by atoms with E-state index in [2.05, 4.69) is 21.8 Å². The highest BCUT2D eigenvalue weighted by Gasteiger charge is 2.26. The van der Waals surface area contributed by atoms with Crippen molar-refractivity contribution in [1.82, 2.24) is 9.97 Å². The molecule has 1 saturated heterocycles. The highest BCUT2D eigenvalue weighted by atomic mass is 15.3. The zero-order valence-corrected chi connectivity index (χ0v) is 10.0. The van der Waals surface area contributed by atoms with Crippen LogP contribution in [0.3, 0.4) is 0 Å². The van der Waals surface area contributed by atoms with E-state index in [9.17, 15) is 0 Å². The molecule has 1 aliphatic rings. The largest absolute Gasteiger partial charge is 0.340 e. The summed E-state index contributed by atoms with van der Waals surface area (Å²) in [5.74, 6) is 1.13. The summed E-state index contributed by atoms with van der Waals surface area (Å²) in [5, 5.41) is 8.82. The standard InChI is InChI=1S/C12H17N5/c1-2-9-8-17(6-4-11(9)14)12-15-5-3-10(7-13)16-12/h3,5,9,11H,2,4,6,8,14H2,1H3. The molecule has 2 heterocycles. The zero-order chi connectivity index (χ0) is 12.3. The molecule has 90 valence electrons. The Morgan fingerprint density at radius 2 is 2.47 bits per heavy atom. The van der Waals surface area contributed by atoms with Crippen molar-refractivity contribution < 1.29 is 0 Å². The van der Waals surface area contributed by atoms with E-state index in [1.807, 2.05) is 6.07 Å². The van der Waals surface area contributed by atoms with Crippen LogP contribution in [0.25, 0.3) is 0 Å². The van der Waals surface area contributed by atoms with Crippen LogP contribution in [-0.2, 0) is 0 Å². The Morgan fingerprint density at radius 1 is 1.65 bits per heavy atom. The van der Waals surface area contributed by atoms with Gasteiger partial charge >= 0.3 is 0 Å². The van der Waals surface area contributed by atoms with E-state index >= 15 is 0 Å². The van der Waals surface area contributed by atoms with E-state index in [1.54, 1.807) is 12.3 Å². The Kier molecular flexibility index (Phi) is 3.55. The van der Waals surface area contributed by atoms with E-state index < -0.39 is 0 Å². The summed E-state index contributed by atoms with van der Waals surface area (Å²) in [7, 11) is 0. The average Bonchev–Trinajstić information content (AvgIpc) is 2.39. The van der Waals surface area contributed by atoms with Gasteiger partial charge in [0.25, 0.3) is 0 Å². The normalized spacial score (nSPS) is 24.4. The van der Waals surface area contributed by atoms with Gasteiger partial charge in [0.15, 0.2) is 0 Å². The summed E-state index contributed by atoms with van der Waals surface area (Å²) in [5.41, 5.74) is 6.48. The number of hydrogen-bond acceptors (Lipinski definition) is 5. The minimum Gasteiger partial charge on any atom is -0.340 e. The number of aromatic nitrogens is 2. The lowest BCUT2D eigenvalue weighted by Crippen LogP contribution is -2.47. The van der Waals surface area contributed by atoms with Crippen LogP contribution < -0.4 is 10.6 Å². The number of hydrogen-bond donors (Lipinski definition) is 1. The Bertz CT molecular complexity index is 425. The fourth-order valence-electron chi connectivity index (χ4n) is 2.23. The molecule has 1 aromatic heterocycles. The van der Waals surface area contributed by atoms with Gasteiger partial charge in [-0.15, -0.1) is 0 Å². The van der Waals surface area contributed by atoms with Gasteiger partial charge in [-0.3, -0.25) is 0 Å². The van der Waals surface area contributed by atoms with Gasteiger partial charge in [0.2, 0.25) is 5.95 Å². The second-order valence-corrected chi connectivity index (χ2v) is 4.42. The van der Waals surface area contributed by atoms with Crippen LogP contribution in [0.2, 0.25) is 0 Å². The average molecular weight is 231 g/mol. The van der Waals surface area contributed by atoms with Crippen LogP contribution in [0.1, 0.15) is 25.5 Å². The Balaban J connectivity index is 2.15. The predicted molar refractivity (Wildman–Crippen MR) is 65.3 cm³/mol. The van der Waals surface area contributed by atoms with Gasteiger partial charge in [-0.05, 0) is 18.4 Å². The van der Waals surface area contributed by atoms with Gasteiger partial charge in [-0.25, -0.2) is 9.97 Å². The summed E-state index contributed by atoms with van der Waals surface area (Å²) in [6.45, 7) is 3.90. The van der Waals surface area contributed by atoms with Crippen LogP contribution in [0.4, 0.5) is 5.95 Å². The third-order valence-electron chi connectivity index (χ3n) is 3.36. The summed E-state index contributed by atoms with van der Waals surface area (Å²) in [4.78, 5) is 10.6. The molecule has 0 aliphatic carbocycles. The molecule has 5 heteroatoms. The van der Waals surface area contributed by atoms with Crippen LogP contribution in [0.15, 0.2) is 12.3 Å². The van der Waals surface area contributed by atoms with E-state index in [0.717, 1.165) is 25.9 Å². The Morgan fingerprint density at radius 3 is 3.18 bits per heavy atom. The fourth-order valence-corrected chi connectivity index (χ4v) is 2.23. The molecule has 2 atom stereocenters. The van der Waals surface area contributed by atoms with Gasteiger partial charge in [0.05, 0.1) is 0 Å². The van der Waals surface area contributed by atoms with Crippen LogP contribution in [0, 0.1) is 17.2 Å². The molecular weight excluding hydrogens is 214 g/mol. The number of anilines is 1. The van der Waals surface area contributed by atoms with Crippen LogP contribution >= 0.6 is 0 Å². The van der Waals surface area contributed by atoms with Crippen molar-refractivity contribution in [3.8, 4) is 6.07 Å². The highest BCUT2D eigenvalue weighted by Crippen LogP contribution is 2.21. The van der Waals surface area contributed by atoms with Gasteiger partial charge in [-0.1, -0.05) is 13.3 Å². The van der Waals surface area contributed by atoms with E-state index in [0.29, 0.717) is 17.6 Å². The molecule has 0 aromatic carbocycles. The quantitative estimate of drug-likeness (QED) is 0.818. The van der Waals surface area contributed by atoms with Crippen molar-refractivity contribution in [1.29, 1.82) is 5.26 Å². The molecule has 0 saturated carbocycles. The van der Waals surface area contributed by atoms with Gasteiger partial charge in [-0.2, -0.15) is 5.26 Å². The maximum Gasteiger partial charge on any atom is 0.226 e. The smallest absolute Gasteiger partial charge is 0.226 e. The topological polar surface area (TPSA) is 78.8 Å². The Hall–Kier alpha value is -1.67. The number of nitrogens with two attached hydrogens (primary N) is 1. The van der Waals surface area contributed by atoms with Gasteiger partial charge in [0, 0.05) is 25.3 Å². The summed E-state index contributed by atoms with van der Waals surface area (Å²) >= 11 is 0. The number of rotatable bonds is 2. The first-order valence-electron chi connectivity index (χ1n) is 5.98. The third kappa shape index (κ3) is 2.53. The number of piperidine rings is 1. The molecule has 0 amide bonds. The molecule has 5 nitrogen and oxygen atoms in total. The molecule has 17 heavy (non-hydrogen) atoms. The zero-order valence-electron chi connectivity index (χ0n) is 10.0. The van der Waals surface area contributed by atoms with Gasteiger partial charge < -0.3 is 10.6 Å². The second-order valence-electron chi connectivity index (χ2n) is 4.42. The molecule has 2 unspecified atom stereocenters. The van der Waals surface area contributed by atoms with Crippen molar-refractivity contribution in [3.05, 3.63) is 18.0 Å². The maximum absolute atomic E-state index is 8.82. The third-order valence-corrected chi connectivity index (χ3v) is 3.36. The minimum absolute atomic E-state index is 0.274. The Labute approximate surface area is 101 Å². The molecule has 0 bridgehead atoms. The molecule has 0 spiro atoms. The van der Waals surface area contributed by atoms with Crippen molar-refractivity contribution in [3.63, 3.8) is 0 Å². The van der Waals surface area contributed by atoms with E-state index in [1.165, 1.54) is 0 Å². The first-order valence-corrected chi connectivity index (χ1v) is 5.98. The molecule has 1 aliphatic heterocycles. The van der Waals surface area contributed by atoms with Crippen LogP contribution in [-0.4, -0.2) is 29.1 Å². The van der Waals surface area contributed by atoms with Gasteiger partial charge in [0.1, 0.15) is 11.8 Å². The summed E-state index contributed by atoms with van der Waals surface area (Å²) < 4.78 is 0. The molecule has 1 aromatic rings. The summed E-state index contributed by atoms with van der Waals surface area (Å²) in [6.07, 6.45) is 3.66. The number of nitrogens with zero attached hydrogens (tertiary/aromatic N) is 4. The van der Waals surface area contributed by atoms with E-state index in [4.69, 9.17) is 11.0 Å². The molecule has 2 N–H and O–H groups in total. The molecular formula is C12H17N5.